The second-order valence-electron chi connectivity index (χ2n) is 4.84. The lowest BCUT2D eigenvalue weighted by atomic mass is 10.0. The third kappa shape index (κ3) is 3.27. The minimum absolute atomic E-state index is 0.484. The molecule has 1 saturated heterocycles. The van der Waals surface area contributed by atoms with Crippen molar-refractivity contribution < 1.29 is 0 Å². The fourth-order valence-corrected chi connectivity index (χ4v) is 2.51. The number of likely N-dealkylation sites (tertiary alicyclic amines) is 1. The van der Waals surface area contributed by atoms with Crippen LogP contribution >= 0.6 is 12.2 Å². The Bertz CT molecular complexity index is 409. The van der Waals surface area contributed by atoms with Crippen molar-refractivity contribution in [3.8, 4) is 0 Å². The van der Waals surface area contributed by atoms with E-state index in [1.54, 1.807) is 0 Å². The number of thiocarbonyl (C=S) groups is 1. The van der Waals surface area contributed by atoms with Gasteiger partial charge in [0.1, 0.15) is 4.99 Å². The number of hydrogen-bond acceptors (Lipinski definition) is 2. The molecule has 0 spiro atoms. The molecule has 1 fully saturated rings. The summed E-state index contributed by atoms with van der Waals surface area (Å²) in [7, 11) is 0. The standard InChI is InChI=1S/C14H20N2S/c1-11-9-12(14(15)17)5-6-13(11)10-16-7-3-2-4-8-16/h5-6,9H,2-4,7-8,10H2,1H3,(H2,15,17). The van der Waals surface area contributed by atoms with E-state index in [9.17, 15) is 0 Å². The van der Waals surface area contributed by atoms with Crippen molar-refractivity contribution in [2.75, 3.05) is 13.1 Å². The van der Waals surface area contributed by atoms with E-state index in [1.165, 1.54) is 43.5 Å². The highest BCUT2D eigenvalue weighted by atomic mass is 32.1. The predicted molar refractivity (Wildman–Crippen MR) is 76.2 cm³/mol. The SMILES string of the molecule is Cc1cc(C(N)=S)ccc1CN1CCCCC1. The van der Waals surface area contributed by atoms with Crippen molar-refractivity contribution in [1.29, 1.82) is 0 Å². The first-order valence-electron chi connectivity index (χ1n) is 6.28. The summed E-state index contributed by atoms with van der Waals surface area (Å²) >= 11 is 4.99. The lowest BCUT2D eigenvalue weighted by Crippen LogP contribution is -2.29. The first-order chi connectivity index (χ1) is 8.16. The van der Waals surface area contributed by atoms with Crippen LogP contribution in [0.4, 0.5) is 0 Å². The molecule has 1 aliphatic heterocycles. The van der Waals surface area contributed by atoms with Crippen LogP contribution in [0.3, 0.4) is 0 Å². The molecule has 92 valence electrons. The van der Waals surface area contributed by atoms with Gasteiger partial charge in [-0.05, 0) is 50.0 Å². The van der Waals surface area contributed by atoms with Gasteiger partial charge < -0.3 is 5.73 Å². The normalized spacial score (nSPS) is 17.0. The summed E-state index contributed by atoms with van der Waals surface area (Å²) < 4.78 is 0. The maximum atomic E-state index is 5.64. The summed E-state index contributed by atoms with van der Waals surface area (Å²) in [6, 6.07) is 6.30. The minimum Gasteiger partial charge on any atom is -0.389 e. The van der Waals surface area contributed by atoms with E-state index in [1.807, 2.05) is 6.07 Å². The fraction of sp³-hybridized carbons (Fsp3) is 0.500. The van der Waals surface area contributed by atoms with Crippen LogP contribution in [0.5, 0.6) is 0 Å². The largest absolute Gasteiger partial charge is 0.389 e. The highest BCUT2D eigenvalue weighted by Gasteiger charge is 2.11. The van der Waals surface area contributed by atoms with Crippen molar-refractivity contribution in [3.63, 3.8) is 0 Å². The number of hydrogen-bond donors (Lipinski definition) is 1. The summed E-state index contributed by atoms with van der Waals surface area (Å²) in [5.41, 5.74) is 9.30. The number of nitrogens with zero attached hydrogens (tertiary/aromatic N) is 1. The molecule has 0 amide bonds. The highest BCUT2D eigenvalue weighted by molar-refractivity contribution is 7.80. The Labute approximate surface area is 109 Å². The van der Waals surface area contributed by atoms with Gasteiger partial charge in [-0.15, -0.1) is 0 Å². The molecule has 0 atom stereocenters. The van der Waals surface area contributed by atoms with Gasteiger partial charge in [-0.2, -0.15) is 0 Å². The molecule has 17 heavy (non-hydrogen) atoms. The lowest BCUT2D eigenvalue weighted by molar-refractivity contribution is 0.220. The maximum Gasteiger partial charge on any atom is 0.103 e. The van der Waals surface area contributed by atoms with Gasteiger partial charge in [-0.3, -0.25) is 4.90 Å². The molecule has 0 radical (unpaired) electrons. The molecule has 2 N–H and O–H groups in total. The first-order valence-corrected chi connectivity index (χ1v) is 6.69. The molecule has 3 heteroatoms. The van der Waals surface area contributed by atoms with Gasteiger partial charge in [0.05, 0.1) is 0 Å². The molecule has 1 aromatic carbocycles. The topological polar surface area (TPSA) is 29.3 Å². The third-order valence-corrected chi connectivity index (χ3v) is 3.71. The van der Waals surface area contributed by atoms with Crippen LogP contribution in [0.15, 0.2) is 18.2 Å². The van der Waals surface area contributed by atoms with Crippen molar-refractivity contribution >= 4 is 17.2 Å². The summed E-state index contributed by atoms with van der Waals surface area (Å²) in [6.07, 6.45) is 4.06. The van der Waals surface area contributed by atoms with E-state index in [0.29, 0.717) is 4.99 Å². The molecule has 2 rings (SSSR count). The average molecular weight is 248 g/mol. The summed E-state index contributed by atoms with van der Waals surface area (Å²) in [4.78, 5) is 3.02. The van der Waals surface area contributed by atoms with Gasteiger partial charge in [0.25, 0.3) is 0 Å². The zero-order chi connectivity index (χ0) is 12.3. The third-order valence-electron chi connectivity index (χ3n) is 3.47. The van der Waals surface area contributed by atoms with Crippen LogP contribution in [0.2, 0.25) is 0 Å². The molecule has 0 unspecified atom stereocenters. The summed E-state index contributed by atoms with van der Waals surface area (Å²) in [5, 5.41) is 0. The van der Waals surface area contributed by atoms with E-state index in [0.717, 1.165) is 12.1 Å². The Balaban J connectivity index is 2.08. The number of benzene rings is 1. The number of aryl methyl sites for hydroxylation is 1. The molecule has 0 aliphatic carbocycles. The van der Waals surface area contributed by atoms with Crippen molar-refractivity contribution in [2.45, 2.75) is 32.7 Å². The van der Waals surface area contributed by atoms with Gasteiger partial charge in [-0.25, -0.2) is 0 Å². The van der Waals surface area contributed by atoms with Crippen molar-refractivity contribution in [2.24, 2.45) is 5.73 Å². The zero-order valence-corrected chi connectivity index (χ0v) is 11.2. The predicted octanol–water partition coefficient (Wildman–Crippen LogP) is 2.62. The van der Waals surface area contributed by atoms with E-state index >= 15 is 0 Å². The molecular formula is C14H20N2S. The van der Waals surface area contributed by atoms with Gasteiger partial charge in [0.2, 0.25) is 0 Å². The quantitative estimate of drug-likeness (QED) is 0.834. The Morgan fingerprint density at radius 3 is 2.59 bits per heavy atom. The smallest absolute Gasteiger partial charge is 0.103 e. The molecule has 1 aromatic rings. The van der Waals surface area contributed by atoms with Gasteiger partial charge >= 0.3 is 0 Å². The first kappa shape index (κ1) is 12.5. The molecule has 0 bridgehead atoms. The van der Waals surface area contributed by atoms with Gasteiger partial charge in [0.15, 0.2) is 0 Å². The van der Waals surface area contributed by atoms with Crippen LogP contribution < -0.4 is 5.73 Å². The maximum absolute atomic E-state index is 5.64. The van der Waals surface area contributed by atoms with E-state index in [2.05, 4.69) is 24.0 Å². The molecule has 0 aromatic heterocycles. The van der Waals surface area contributed by atoms with E-state index in [4.69, 9.17) is 18.0 Å². The van der Waals surface area contributed by atoms with Crippen LogP contribution in [0.1, 0.15) is 36.0 Å². The number of rotatable bonds is 3. The molecule has 0 saturated carbocycles. The number of piperidine rings is 1. The van der Waals surface area contributed by atoms with Gasteiger partial charge in [0, 0.05) is 12.1 Å². The van der Waals surface area contributed by atoms with Crippen LogP contribution in [0, 0.1) is 6.92 Å². The molecule has 1 aliphatic rings. The molecular weight excluding hydrogens is 228 g/mol. The van der Waals surface area contributed by atoms with Crippen LogP contribution in [-0.4, -0.2) is 23.0 Å². The Morgan fingerprint density at radius 1 is 1.29 bits per heavy atom. The zero-order valence-electron chi connectivity index (χ0n) is 10.4. The van der Waals surface area contributed by atoms with Crippen molar-refractivity contribution in [1.82, 2.24) is 4.90 Å². The van der Waals surface area contributed by atoms with Gasteiger partial charge in [-0.1, -0.05) is 30.8 Å². The Morgan fingerprint density at radius 2 is 2.00 bits per heavy atom. The highest BCUT2D eigenvalue weighted by Crippen LogP contribution is 2.17. The van der Waals surface area contributed by atoms with Crippen molar-refractivity contribution in [3.05, 3.63) is 34.9 Å². The lowest BCUT2D eigenvalue weighted by Gasteiger charge is -2.27. The van der Waals surface area contributed by atoms with Crippen LogP contribution in [0.25, 0.3) is 0 Å². The summed E-state index contributed by atoms with van der Waals surface area (Å²) in [5.74, 6) is 0. The minimum atomic E-state index is 0.484. The Hall–Kier alpha value is -0.930. The second kappa shape index (κ2) is 5.61. The molecule has 2 nitrogen and oxygen atoms in total. The van der Waals surface area contributed by atoms with E-state index < -0.39 is 0 Å². The fourth-order valence-electron chi connectivity index (χ4n) is 2.38. The van der Waals surface area contributed by atoms with Crippen LogP contribution in [-0.2, 0) is 6.54 Å². The number of nitrogens with two attached hydrogens (primary N) is 1. The molecule has 1 heterocycles. The van der Waals surface area contributed by atoms with E-state index in [-0.39, 0.29) is 0 Å². The monoisotopic (exact) mass is 248 g/mol. The summed E-state index contributed by atoms with van der Waals surface area (Å²) in [6.45, 7) is 5.66. The Kier molecular flexibility index (Phi) is 4.13. The average Bonchev–Trinajstić information content (AvgIpc) is 2.33. The second-order valence-corrected chi connectivity index (χ2v) is 5.28.